The van der Waals surface area contributed by atoms with E-state index < -0.39 is 0 Å². The highest BCUT2D eigenvalue weighted by Crippen LogP contribution is 2.33. The topological polar surface area (TPSA) is 69.0 Å². The van der Waals surface area contributed by atoms with Crippen LogP contribution in [-0.2, 0) is 18.3 Å². The zero-order valence-corrected chi connectivity index (χ0v) is 19.3. The van der Waals surface area contributed by atoms with Gasteiger partial charge in [0, 0.05) is 19.2 Å². The summed E-state index contributed by atoms with van der Waals surface area (Å²) >= 11 is 0. The summed E-state index contributed by atoms with van der Waals surface area (Å²) in [6.07, 6.45) is 0.885. The molecule has 1 N–H and O–H groups in total. The molecule has 31 heavy (non-hydrogen) atoms. The Labute approximate surface area is 182 Å². The number of carbonyl (C=O) groups is 1. The Morgan fingerprint density at radius 1 is 1.23 bits per heavy atom. The van der Waals surface area contributed by atoms with Crippen LogP contribution in [0.15, 0.2) is 24.3 Å². The molecule has 3 aromatic rings. The van der Waals surface area contributed by atoms with Gasteiger partial charge in [0.2, 0.25) is 11.8 Å². The van der Waals surface area contributed by atoms with E-state index in [1.54, 1.807) is 23.9 Å². The molecule has 1 unspecified atom stereocenters. The Morgan fingerprint density at radius 2 is 1.87 bits per heavy atom. The summed E-state index contributed by atoms with van der Waals surface area (Å²) in [7, 11) is 3.43. The number of halogens is 1. The van der Waals surface area contributed by atoms with Gasteiger partial charge in [0.15, 0.2) is 5.65 Å². The molecule has 0 aliphatic carbocycles. The molecule has 0 fully saturated rings. The number of benzene rings is 1. The van der Waals surface area contributed by atoms with Crippen molar-refractivity contribution in [1.82, 2.24) is 20.1 Å². The van der Waals surface area contributed by atoms with Crippen LogP contribution in [0.4, 0.5) is 4.39 Å². The van der Waals surface area contributed by atoms with Crippen LogP contribution >= 0.6 is 0 Å². The fourth-order valence-corrected chi connectivity index (χ4v) is 4.03. The summed E-state index contributed by atoms with van der Waals surface area (Å²) in [6, 6.07) is 6.09. The molecule has 0 aliphatic heterocycles. The molecular formula is C24H31FN4O2. The minimum atomic E-state index is -0.289. The summed E-state index contributed by atoms with van der Waals surface area (Å²) in [4.78, 5) is 17.6. The number of rotatable bonds is 6. The van der Waals surface area contributed by atoms with Crippen LogP contribution in [0.2, 0.25) is 0 Å². The Bertz CT molecular complexity index is 1100. The first-order valence-electron chi connectivity index (χ1n) is 10.4. The van der Waals surface area contributed by atoms with E-state index in [0.29, 0.717) is 18.7 Å². The molecular weight excluding hydrogens is 395 g/mol. The molecule has 3 rings (SSSR count). The first-order valence-corrected chi connectivity index (χ1v) is 10.4. The van der Waals surface area contributed by atoms with Crippen molar-refractivity contribution in [2.24, 2.45) is 12.5 Å². The first kappa shape index (κ1) is 22.7. The highest BCUT2D eigenvalue weighted by atomic mass is 19.1. The predicted octanol–water partition coefficient (Wildman–Crippen LogP) is 4.57. The lowest BCUT2D eigenvalue weighted by molar-refractivity contribution is -0.122. The molecule has 6 nitrogen and oxygen atoms in total. The van der Waals surface area contributed by atoms with Crippen LogP contribution < -0.4 is 10.1 Å². The Balaban J connectivity index is 1.81. The smallest absolute Gasteiger partial charge is 0.242 e. The molecule has 2 heterocycles. The van der Waals surface area contributed by atoms with Crippen molar-refractivity contribution in [3.8, 4) is 5.88 Å². The van der Waals surface area contributed by atoms with Gasteiger partial charge in [-0.25, -0.2) is 14.1 Å². The number of nitrogens with zero attached hydrogens (tertiary/aromatic N) is 3. The van der Waals surface area contributed by atoms with Crippen molar-refractivity contribution < 1.29 is 13.9 Å². The van der Waals surface area contributed by atoms with Gasteiger partial charge in [-0.05, 0) is 54.5 Å². The van der Waals surface area contributed by atoms with Gasteiger partial charge < -0.3 is 10.1 Å². The van der Waals surface area contributed by atoms with Gasteiger partial charge in [-0.1, -0.05) is 32.9 Å². The lowest BCUT2D eigenvalue weighted by Crippen LogP contribution is -2.36. The van der Waals surface area contributed by atoms with E-state index in [1.165, 1.54) is 12.1 Å². The zero-order chi connectivity index (χ0) is 22.9. The van der Waals surface area contributed by atoms with E-state index in [9.17, 15) is 9.18 Å². The Hall–Kier alpha value is -2.96. The molecule has 0 saturated heterocycles. The van der Waals surface area contributed by atoms with E-state index >= 15 is 0 Å². The molecule has 0 bridgehead atoms. The summed E-state index contributed by atoms with van der Waals surface area (Å²) in [5.74, 6) is 0.195. The number of amides is 1. The third kappa shape index (κ3) is 4.70. The van der Waals surface area contributed by atoms with Crippen molar-refractivity contribution >= 4 is 16.9 Å². The molecule has 1 atom stereocenters. The normalized spacial score (nSPS) is 12.8. The second-order valence-corrected chi connectivity index (χ2v) is 9.05. The number of pyridine rings is 1. The number of aryl methyl sites for hydroxylation is 3. The molecule has 2 aromatic heterocycles. The van der Waals surface area contributed by atoms with E-state index in [0.717, 1.165) is 33.4 Å². The Morgan fingerprint density at radius 3 is 2.45 bits per heavy atom. The van der Waals surface area contributed by atoms with Gasteiger partial charge in [0.25, 0.3) is 0 Å². The SMILES string of the molecule is COc1nn(C)c2nc(C)c(CCC(=O)NC(c3ccc(F)cc3)C(C)(C)C)c(C)c12. The molecule has 0 aliphatic rings. The predicted molar refractivity (Wildman–Crippen MR) is 120 cm³/mol. The van der Waals surface area contributed by atoms with Crippen molar-refractivity contribution in [3.63, 3.8) is 0 Å². The monoisotopic (exact) mass is 426 g/mol. The first-order chi connectivity index (χ1) is 14.5. The Kier molecular flexibility index (Phi) is 6.34. The maximum Gasteiger partial charge on any atom is 0.242 e. The number of nitrogens with one attached hydrogen (secondary N) is 1. The van der Waals surface area contributed by atoms with Crippen molar-refractivity contribution in [3.05, 3.63) is 52.5 Å². The number of hydrogen-bond donors (Lipinski definition) is 1. The molecule has 0 radical (unpaired) electrons. The fourth-order valence-electron chi connectivity index (χ4n) is 4.03. The molecule has 0 spiro atoms. The van der Waals surface area contributed by atoms with Gasteiger partial charge >= 0.3 is 0 Å². The summed E-state index contributed by atoms with van der Waals surface area (Å²) < 4.78 is 20.5. The lowest BCUT2D eigenvalue weighted by Gasteiger charge is -2.32. The summed E-state index contributed by atoms with van der Waals surface area (Å²) in [6.45, 7) is 10.1. The number of carbonyl (C=O) groups excluding carboxylic acids is 1. The number of methoxy groups -OCH3 is 1. The largest absolute Gasteiger partial charge is 0.479 e. The van der Waals surface area contributed by atoms with Gasteiger partial charge in [0.1, 0.15) is 5.82 Å². The van der Waals surface area contributed by atoms with E-state index in [1.807, 2.05) is 20.9 Å². The number of aromatic nitrogens is 3. The van der Waals surface area contributed by atoms with Crippen molar-refractivity contribution in [2.45, 2.75) is 53.5 Å². The highest BCUT2D eigenvalue weighted by molar-refractivity contribution is 5.86. The number of fused-ring (bicyclic) bond motifs is 1. The molecule has 0 saturated carbocycles. The van der Waals surface area contributed by atoms with Crippen molar-refractivity contribution in [1.29, 1.82) is 0 Å². The minimum Gasteiger partial charge on any atom is -0.479 e. The van der Waals surface area contributed by atoms with E-state index in [2.05, 4.69) is 31.2 Å². The lowest BCUT2D eigenvalue weighted by atomic mass is 9.82. The van der Waals surface area contributed by atoms with Crippen LogP contribution in [0, 0.1) is 25.1 Å². The molecule has 1 amide bonds. The van der Waals surface area contributed by atoms with Crippen LogP contribution in [0.1, 0.15) is 55.6 Å². The third-order valence-electron chi connectivity index (χ3n) is 5.69. The van der Waals surface area contributed by atoms with Crippen LogP contribution in [0.25, 0.3) is 11.0 Å². The average molecular weight is 427 g/mol. The van der Waals surface area contributed by atoms with E-state index in [-0.39, 0.29) is 23.2 Å². The third-order valence-corrected chi connectivity index (χ3v) is 5.69. The van der Waals surface area contributed by atoms with Gasteiger partial charge in [-0.2, -0.15) is 0 Å². The maximum atomic E-state index is 13.4. The molecule has 166 valence electrons. The summed E-state index contributed by atoms with van der Waals surface area (Å²) in [5, 5.41) is 8.40. The van der Waals surface area contributed by atoms with Crippen LogP contribution in [0.5, 0.6) is 5.88 Å². The maximum absolute atomic E-state index is 13.4. The zero-order valence-electron chi connectivity index (χ0n) is 19.3. The summed E-state index contributed by atoms with van der Waals surface area (Å²) in [5.41, 5.74) is 4.38. The fraction of sp³-hybridized carbons (Fsp3) is 0.458. The van der Waals surface area contributed by atoms with Gasteiger partial charge in [0.05, 0.1) is 18.5 Å². The van der Waals surface area contributed by atoms with Gasteiger partial charge in [-0.15, -0.1) is 5.10 Å². The standard InChI is InChI=1S/C24H31FN4O2/c1-14-18(15(2)26-22-20(14)23(31-7)28-29(22)6)12-13-19(30)27-21(24(3,4)5)16-8-10-17(25)11-9-16/h8-11,21H,12-13H2,1-7H3,(H,27,30). The van der Waals surface area contributed by atoms with E-state index in [4.69, 9.17) is 9.72 Å². The molecule has 1 aromatic carbocycles. The number of hydrogen-bond acceptors (Lipinski definition) is 4. The second-order valence-electron chi connectivity index (χ2n) is 9.05. The van der Waals surface area contributed by atoms with Crippen LogP contribution in [-0.4, -0.2) is 27.8 Å². The van der Waals surface area contributed by atoms with Crippen LogP contribution in [0.3, 0.4) is 0 Å². The highest BCUT2D eigenvalue weighted by Gasteiger charge is 2.28. The quantitative estimate of drug-likeness (QED) is 0.627. The molecule has 7 heteroatoms. The number of ether oxygens (including phenoxy) is 1. The van der Waals surface area contributed by atoms with Gasteiger partial charge in [-0.3, -0.25) is 4.79 Å². The second kappa shape index (κ2) is 8.65. The minimum absolute atomic E-state index is 0.0544. The average Bonchev–Trinajstić information content (AvgIpc) is 3.01. The van der Waals surface area contributed by atoms with Crippen molar-refractivity contribution in [2.75, 3.05) is 7.11 Å².